The smallest absolute Gasteiger partial charge is 0.321 e. The van der Waals surface area contributed by atoms with E-state index in [1.165, 1.54) is 11.3 Å². The molecule has 0 saturated heterocycles. The molecule has 4 rings (SSSR count). The lowest BCUT2D eigenvalue weighted by molar-refractivity contribution is 0.250. The maximum atomic E-state index is 12.7. The van der Waals surface area contributed by atoms with Gasteiger partial charge in [-0.05, 0) is 16.7 Å². The molecule has 5 nitrogen and oxygen atoms in total. The zero-order valence-electron chi connectivity index (χ0n) is 16.2. The van der Waals surface area contributed by atoms with E-state index in [1.54, 1.807) is 0 Å². The van der Waals surface area contributed by atoms with Gasteiger partial charge >= 0.3 is 6.03 Å². The van der Waals surface area contributed by atoms with E-state index in [4.69, 9.17) is 5.73 Å². The Kier molecular flexibility index (Phi) is 6.17. The number of nitrogens with zero attached hydrogens (tertiary/aromatic N) is 1. The third kappa shape index (κ3) is 4.74. The van der Waals surface area contributed by atoms with E-state index in [2.05, 4.69) is 15.6 Å². The standard InChI is InChI=1S/C24H22N4OS/c25-21(17-10-4-1-5-11-17)20-16-30-24(26-20)28-23(29)27-22(18-12-6-2-7-13-18)19-14-8-3-9-15-19/h1-16,21-22H,25H2,(H2,26,27,28,29). The molecule has 0 aliphatic carbocycles. The van der Waals surface area contributed by atoms with Crippen LogP contribution in [0.25, 0.3) is 0 Å². The van der Waals surface area contributed by atoms with Crippen molar-refractivity contribution in [3.8, 4) is 0 Å². The van der Waals surface area contributed by atoms with Gasteiger partial charge in [-0.25, -0.2) is 9.78 Å². The minimum absolute atomic E-state index is 0.265. The summed E-state index contributed by atoms with van der Waals surface area (Å²) in [7, 11) is 0. The molecule has 6 heteroatoms. The second-order valence-corrected chi connectivity index (χ2v) is 7.68. The van der Waals surface area contributed by atoms with Crippen molar-refractivity contribution < 1.29 is 4.79 Å². The molecule has 4 aromatic rings. The molecule has 0 aliphatic rings. The molecule has 0 bridgehead atoms. The zero-order valence-corrected chi connectivity index (χ0v) is 17.0. The Morgan fingerprint density at radius 2 is 1.30 bits per heavy atom. The molecule has 3 aromatic carbocycles. The number of anilines is 1. The highest BCUT2D eigenvalue weighted by Crippen LogP contribution is 2.25. The second kappa shape index (κ2) is 9.35. The van der Waals surface area contributed by atoms with Gasteiger partial charge in [-0.3, -0.25) is 5.32 Å². The first-order valence-electron chi connectivity index (χ1n) is 9.64. The van der Waals surface area contributed by atoms with Crippen LogP contribution < -0.4 is 16.4 Å². The first-order valence-corrected chi connectivity index (χ1v) is 10.5. The van der Waals surface area contributed by atoms with Crippen LogP contribution >= 0.6 is 11.3 Å². The molecule has 2 amide bonds. The van der Waals surface area contributed by atoms with E-state index in [-0.39, 0.29) is 18.1 Å². The van der Waals surface area contributed by atoms with Crippen molar-refractivity contribution in [2.45, 2.75) is 12.1 Å². The topological polar surface area (TPSA) is 80.0 Å². The lowest BCUT2D eigenvalue weighted by Gasteiger charge is -2.19. The monoisotopic (exact) mass is 414 g/mol. The largest absolute Gasteiger partial charge is 0.327 e. The molecule has 4 N–H and O–H groups in total. The van der Waals surface area contributed by atoms with Gasteiger partial charge in [-0.15, -0.1) is 11.3 Å². The van der Waals surface area contributed by atoms with E-state index in [0.29, 0.717) is 5.13 Å². The van der Waals surface area contributed by atoms with Crippen LogP contribution in [0.15, 0.2) is 96.4 Å². The highest BCUT2D eigenvalue weighted by atomic mass is 32.1. The Bertz CT molecular complexity index is 1040. The summed E-state index contributed by atoms with van der Waals surface area (Å²) in [6.07, 6.45) is 0. The number of hydrogen-bond donors (Lipinski definition) is 3. The molecule has 1 heterocycles. The van der Waals surface area contributed by atoms with Gasteiger partial charge in [-0.1, -0.05) is 91.0 Å². The van der Waals surface area contributed by atoms with Crippen molar-refractivity contribution in [3.63, 3.8) is 0 Å². The molecular formula is C24H22N4OS. The predicted molar refractivity (Wildman–Crippen MR) is 121 cm³/mol. The fourth-order valence-corrected chi connectivity index (χ4v) is 3.97. The van der Waals surface area contributed by atoms with Gasteiger partial charge < -0.3 is 11.1 Å². The molecule has 150 valence electrons. The van der Waals surface area contributed by atoms with Crippen molar-refractivity contribution in [2.24, 2.45) is 5.73 Å². The summed E-state index contributed by atoms with van der Waals surface area (Å²) in [4.78, 5) is 17.2. The number of urea groups is 1. The SMILES string of the molecule is NC(c1ccccc1)c1csc(NC(=O)NC(c2ccccc2)c2ccccc2)n1. The summed E-state index contributed by atoms with van der Waals surface area (Å²) in [6.45, 7) is 0. The third-order valence-corrected chi connectivity index (χ3v) is 5.54. The van der Waals surface area contributed by atoms with E-state index >= 15 is 0 Å². The number of benzene rings is 3. The van der Waals surface area contributed by atoms with Crippen LogP contribution in [0, 0.1) is 0 Å². The predicted octanol–water partition coefficient (Wildman–Crippen LogP) is 5.10. The molecule has 1 aromatic heterocycles. The molecule has 0 saturated carbocycles. The Hall–Kier alpha value is -3.48. The van der Waals surface area contributed by atoms with Crippen LogP contribution in [0.3, 0.4) is 0 Å². The highest BCUT2D eigenvalue weighted by Gasteiger charge is 2.18. The van der Waals surface area contributed by atoms with Crippen LogP contribution in [0.4, 0.5) is 9.93 Å². The molecule has 0 aliphatic heterocycles. The minimum atomic E-state index is -0.331. The fourth-order valence-electron chi connectivity index (χ4n) is 3.23. The van der Waals surface area contributed by atoms with Crippen LogP contribution in [0.2, 0.25) is 0 Å². The Labute approximate surface area is 179 Å². The number of amides is 2. The normalized spacial score (nSPS) is 11.8. The van der Waals surface area contributed by atoms with E-state index < -0.39 is 0 Å². The Morgan fingerprint density at radius 3 is 1.83 bits per heavy atom. The van der Waals surface area contributed by atoms with E-state index in [9.17, 15) is 4.79 Å². The number of hydrogen-bond acceptors (Lipinski definition) is 4. The van der Waals surface area contributed by atoms with Gasteiger partial charge in [0.1, 0.15) is 0 Å². The molecule has 0 spiro atoms. The van der Waals surface area contributed by atoms with Crippen LogP contribution in [0.5, 0.6) is 0 Å². The van der Waals surface area contributed by atoms with Gasteiger partial charge in [0, 0.05) is 5.38 Å². The number of carbonyl (C=O) groups is 1. The number of thiazole rings is 1. The second-order valence-electron chi connectivity index (χ2n) is 6.82. The summed E-state index contributed by atoms with van der Waals surface area (Å²) in [6, 6.07) is 28.6. The van der Waals surface area contributed by atoms with Gasteiger partial charge in [0.15, 0.2) is 5.13 Å². The Balaban J connectivity index is 1.47. The lowest BCUT2D eigenvalue weighted by Crippen LogP contribution is -2.33. The fraction of sp³-hybridized carbons (Fsp3) is 0.0833. The summed E-state index contributed by atoms with van der Waals surface area (Å²) in [5, 5.41) is 8.28. The molecule has 0 fully saturated rings. The average Bonchev–Trinajstić information content (AvgIpc) is 3.27. The van der Waals surface area contributed by atoms with Crippen LogP contribution in [-0.2, 0) is 0 Å². The number of carbonyl (C=O) groups excluding carboxylic acids is 1. The summed E-state index contributed by atoms with van der Waals surface area (Å²) in [5.41, 5.74) is 10.0. The van der Waals surface area contributed by atoms with Gasteiger partial charge in [0.2, 0.25) is 0 Å². The average molecular weight is 415 g/mol. The molecule has 30 heavy (non-hydrogen) atoms. The molecule has 1 unspecified atom stereocenters. The first kappa shape index (κ1) is 19.8. The van der Waals surface area contributed by atoms with Gasteiger partial charge in [0.25, 0.3) is 0 Å². The van der Waals surface area contributed by atoms with Crippen molar-refractivity contribution in [2.75, 3.05) is 5.32 Å². The molecule has 1 atom stereocenters. The van der Waals surface area contributed by atoms with Crippen molar-refractivity contribution in [1.82, 2.24) is 10.3 Å². The quantitative estimate of drug-likeness (QED) is 0.410. The summed E-state index contributed by atoms with van der Waals surface area (Å²) >= 11 is 1.36. The summed E-state index contributed by atoms with van der Waals surface area (Å²) < 4.78 is 0. The minimum Gasteiger partial charge on any atom is -0.327 e. The highest BCUT2D eigenvalue weighted by molar-refractivity contribution is 7.13. The molecular weight excluding hydrogens is 392 g/mol. The van der Waals surface area contributed by atoms with Crippen molar-refractivity contribution in [3.05, 3.63) is 119 Å². The maximum Gasteiger partial charge on any atom is 0.321 e. The van der Waals surface area contributed by atoms with Crippen LogP contribution in [0.1, 0.15) is 34.5 Å². The maximum absolute atomic E-state index is 12.7. The Morgan fingerprint density at radius 1 is 0.800 bits per heavy atom. The van der Waals surface area contributed by atoms with Crippen molar-refractivity contribution in [1.29, 1.82) is 0 Å². The summed E-state index contributed by atoms with van der Waals surface area (Å²) in [5.74, 6) is 0. The van der Waals surface area contributed by atoms with E-state index in [0.717, 1.165) is 22.4 Å². The van der Waals surface area contributed by atoms with Gasteiger partial charge in [-0.2, -0.15) is 0 Å². The third-order valence-electron chi connectivity index (χ3n) is 4.76. The first-order chi connectivity index (χ1) is 14.7. The van der Waals surface area contributed by atoms with E-state index in [1.807, 2.05) is 96.4 Å². The van der Waals surface area contributed by atoms with Crippen LogP contribution in [-0.4, -0.2) is 11.0 Å². The lowest BCUT2D eigenvalue weighted by atomic mass is 9.99. The number of nitrogens with two attached hydrogens (primary N) is 1. The number of rotatable bonds is 6. The number of aromatic nitrogens is 1. The zero-order chi connectivity index (χ0) is 20.8. The number of nitrogens with one attached hydrogen (secondary N) is 2. The van der Waals surface area contributed by atoms with Crippen molar-refractivity contribution >= 4 is 22.5 Å². The molecule has 0 radical (unpaired) electrons. The van der Waals surface area contributed by atoms with Gasteiger partial charge in [0.05, 0.1) is 17.8 Å².